The molecule has 1 aromatic carbocycles. The van der Waals surface area contributed by atoms with Gasteiger partial charge in [-0.05, 0) is 44.2 Å². The normalized spacial score (nSPS) is 24.8. The van der Waals surface area contributed by atoms with Gasteiger partial charge in [-0.2, -0.15) is 5.26 Å². The lowest BCUT2D eigenvalue weighted by atomic mass is 9.84. The van der Waals surface area contributed by atoms with Crippen LogP contribution in [0.3, 0.4) is 0 Å². The number of benzene rings is 1. The molecule has 0 fully saturated rings. The Morgan fingerprint density at radius 3 is 2.83 bits per heavy atom. The maximum atomic E-state index is 10.7. The van der Waals surface area contributed by atoms with E-state index in [0.29, 0.717) is 18.5 Å². The minimum atomic E-state index is -1.12. The summed E-state index contributed by atoms with van der Waals surface area (Å²) in [6, 6.07) is 7.39. The highest BCUT2D eigenvalue weighted by atomic mass is 16.5. The van der Waals surface area contributed by atoms with E-state index in [2.05, 4.69) is 11.4 Å². The van der Waals surface area contributed by atoms with Crippen LogP contribution in [0.1, 0.15) is 31.9 Å². The molecule has 0 aromatic heterocycles. The predicted molar refractivity (Wildman–Crippen MR) is 68.2 cm³/mol. The standard InChI is InChI=1S/C14H18N2O2/c1-4-16-14(17)8-11-7-10(9-15)5-6-12(11)18-13(14,2)3/h5-7,16-17H,4,8H2,1-3H3. The summed E-state index contributed by atoms with van der Waals surface area (Å²) < 4.78 is 5.87. The van der Waals surface area contributed by atoms with Crippen LogP contribution in [0.5, 0.6) is 5.75 Å². The number of hydrogen-bond acceptors (Lipinski definition) is 4. The monoisotopic (exact) mass is 246 g/mol. The molecule has 96 valence electrons. The Morgan fingerprint density at radius 1 is 1.50 bits per heavy atom. The summed E-state index contributed by atoms with van der Waals surface area (Å²) in [6.07, 6.45) is 0.429. The molecule has 0 aliphatic carbocycles. The molecular weight excluding hydrogens is 228 g/mol. The maximum Gasteiger partial charge on any atom is 0.159 e. The third kappa shape index (κ3) is 1.96. The van der Waals surface area contributed by atoms with Crippen molar-refractivity contribution < 1.29 is 9.84 Å². The largest absolute Gasteiger partial charge is 0.483 e. The zero-order valence-corrected chi connectivity index (χ0v) is 10.9. The van der Waals surface area contributed by atoms with E-state index >= 15 is 0 Å². The fourth-order valence-electron chi connectivity index (χ4n) is 2.30. The van der Waals surface area contributed by atoms with Crippen molar-refractivity contribution >= 4 is 0 Å². The molecule has 0 saturated heterocycles. The third-order valence-electron chi connectivity index (χ3n) is 3.47. The molecule has 1 aliphatic heterocycles. The fraction of sp³-hybridized carbons (Fsp3) is 0.500. The summed E-state index contributed by atoms with van der Waals surface area (Å²) in [5.74, 6) is 0.738. The van der Waals surface area contributed by atoms with Gasteiger partial charge in [0.15, 0.2) is 5.72 Å². The van der Waals surface area contributed by atoms with Crippen LogP contribution in [-0.2, 0) is 6.42 Å². The van der Waals surface area contributed by atoms with E-state index in [0.717, 1.165) is 11.3 Å². The summed E-state index contributed by atoms with van der Waals surface area (Å²) in [4.78, 5) is 0. The van der Waals surface area contributed by atoms with E-state index in [4.69, 9.17) is 10.00 Å². The van der Waals surface area contributed by atoms with Crippen molar-refractivity contribution in [1.82, 2.24) is 5.32 Å². The first kappa shape index (κ1) is 12.9. The van der Waals surface area contributed by atoms with Crippen molar-refractivity contribution in [2.45, 2.75) is 38.5 Å². The molecule has 1 heterocycles. The molecule has 4 heteroatoms. The number of likely N-dealkylation sites (N-methyl/N-ethyl adjacent to an activating group) is 1. The Morgan fingerprint density at radius 2 is 2.22 bits per heavy atom. The van der Waals surface area contributed by atoms with Gasteiger partial charge in [-0.15, -0.1) is 0 Å². The average molecular weight is 246 g/mol. The van der Waals surface area contributed by atoms with Crippen molar-refractivity contribution in [2.75, 3.05) is 6.54 Å². The second kappa shape index (κ2) is 4.27. The number of ether oxygens (including phenoxy) is 1. The lowest BCUT2D eigenvalue weighted by Crippen LogP contribution is -2.66. The van der Waals surface area contributed by atoms with Gasteiger partial charge in [-0.1, -0.05) is 6.92 Å². The van der Waals surface area contributed by atoms with Gasteiger partial charge in [-0.25, -0.2) is 0 Å². The van der Waals surface area contributed by atoms with Crippen LogP contribution in [0, 0.1) is 11.3 Å². The van der Waals surface area contributed by atoms with Crippen LogP contribution in [0.15, 0.2) is 18.2 Å². The fourth-order valence-corrected chi connectivity index (χ4v) is 2.30. The van der Waals surface area contributed by atoms with Crippen LogP contribution in [0.4, 0.5) is 0 Å². The van der Waals surface area contributed by atoms with Gasteiger partial charge in [0.2, 0.25) is 0 Å². The number of nitrogens with zero attached hydrogens (tertiary/aromatic N) is 1. The SMILES string of the molecule is CCNC1(O)Cc2cc(C#N)ccc2OC1(C)C. The van der Waals surface area contributed by atoms with Crippen LogP contribution >= 0.6 is 0 Å². The molecule has 1 atom stereocenters. The number of nitrogens with one attached hydrogen (secondary N) is 1. The van der Waals surface area contributed by atoms with E-state index in [9.17, 15) is 5.11 Å². The molecule has 1 aromatic rings. The Hall–Kier alpha value is -1.57. The average Bonchev–Trinajstić information content (AvgIpc) is 2.30. The molecule has 0 spiro atoms. The molecule has 0 radical (unpaired) electrons. The smallest absolute Gasteiger partial charge is 0.159 e. The Balaban J connectivity index is 2.44. The second-order valence-corrected chi connectivity index (χ2v) is 5.11. The number of aliphatic hydroxyl groups is 1. The number of rotatable bonds is 2. The van der Waals surface area contributed by atoms with Crippen LogP contribution in [-0.4, -0.2) is 23.0 Å². The molecule has 2 N–H and O–H groups in total. The van der Waals surface area contributed by atoms with E-state index in [1.807, 2.05) is 20.8 Å². The Bertz CT molecular complexity index is 505. The topological polar surface area (TPSA) is 65.3 Å². The summed E-state index contributed by atoms with van der Waals surface area (Å²) in [5, 5.41) is 22.7. The highest BCUT2D eigenvalue weighted by Gasteiger charge is 2.48. The molecule has 0 bridgehead atoms. The van der Waals surface area contributed by atoms with E-state index in [1.54, 1.807) is 18.2 Å². The van der Waals surface area contributed by atoms with Gasteiger partial charge in [0.1, 0.15) is 11.4 Å². The predicted octanol–water partition coefficient (Wildman–Crippen LogP) is 1.57. The maximum absolute atomic E-state index is 10.7. The first-order chi connectivity index (χ1) is 8.42. The number of hydrogen-bond donors (Lipinski definition) is 2. The first-order valence-electron chi connectivity index (χ1n) is 6.11. The van der Waals surface area contributed by atoms with Crippen molar-refractivity contribution in [3.8, 4) is 11.8 Å². The van der Waals surface area contributed by atoms with Gasteiger partial charge in [0.05, 0.1) is 11.6 Å². The number of fused-ring (bicyclic) bond motifs is 1. The van der Waals surface area contributed by atoms with E-state index in [1.165, 1.54) is 0 Å². The van der Waals surface area contributed by atoms with Crippen LogP contribution in [0.2, 0.25) is 0 Å². The second-order valence-electron chi connectivity index (χ2n) is 5.11. The van der Waals surface area contributed by atoms with Crippen molar-refractivity contribution in [1.29, 1.82) is 5.26 Å². The molecule has 1 unspecified atom stereocenters. The van der Waals surface area contributed by atoms with Crippen LogP contribution < -0.4 is 10.1 Å². The molecule has 18 heavy (non-hydrogen) atoms. The minimum Gasteiger partial charge on any atom is -0.483 e. The Kier molecular flexibility index (Phi) is 3.05. The summed E-state index contributed by atoms with van der Waals surface area (Å²) >= 11 is 0. The van der Waals surface area contributed by atoms with Gasteiger partial charge in [0.25, 0.3) is 0 Å². The minimum absolute atomic E-state index is 0.429. The zero-order chi connectivity index (χ0) is 13.4. The molecule has 4 nitrogen and oxygen atoms in total. The zero-order valence-electron chi connectivity index (χ0n) is 10.9. The quantitative estimate of drug-likeness (QED) is 0.777. The van der Waals surface area contributed by atoms with Gasteiger partial charge in [-0.3, -0.25) is 5.32 Å². The highest BCUT2D eigenvalue weighted by molar-refractivity contribution is 5.45. The van der Waals surface area contributed by atoms with Crippen molar-refractivity contribution in [2.24, 2.45) is 0 Å². The van der Waals surface area contributed by atoms with E-state index in [-0.39, 0.29) is 0 Å². The lowest BCUT2D eigenvalue weighted by Gasteiger charge is -2.47. The Labute approximate surface area is 107 Å². The molecule has 0 saturated carbocycles. The van der Waals surface area contributed by atoms with Gasteiger partial charge >= 0.3 is 0 Å². The molecular formula is C14H18N2O2. The van der Waals surface area contributed by atoms with Gasteiger partial charge in [0, 0.05) is 6.42 Å². The highest BCUT2D eigenvalue weighted by Crippen LogP contribution is 2.38. The van der Waals surface area contributed by atoms with Crippen molar-refractivity contribution in [3.63, 3.8) is 0 Å². The van der Waals surface area contributed by atoms with Crippen LogP contribution in [0.25, 0.3) is 0 Å². The van der Waals surface area contributed by atoms with Gasteiger partial charge < -0.3 is 9.84 Å². The summed E-state index contributed by atoms with van der Waals surface area (Å²) in [6.45, 7) is 6.31. The molecule has 2 rings (SSSR count). The lowest BCUT2D eigenvalue weighted by molar-refractivity contribution is -0.146. The van der Waals surface area contributed by atoms with Crippen molar-refractivity contribution in [3.05, 3.63) is 29.3 Å². The number of nitriles is 1. The first-order valence-corrected chi connectivity index (χ1v) is 6.11. The molecule has 0 amide bonds. The summed E-state index contributed by atoms with van der Waals surface area (Å²) in [5.41, 5.74) is -0.403. The third-order valence-corrected chi connectivity index (χ3v) is 3.47. The van der Waals surface area contributed by atoms with E-state index < -0.39 is 11.3 Å². The summed E-state index contributed by atoms with van der Waals surface area (Å²) in [7, 11) is 0. The molecule has 1 aliphatic rings.